The number of fused-ring (bicyclic) bond motifs is 1. The van der Waals surface area contributed by atoms with Crippen molar-refractivity contribution in [3.63, 3.8) is 0 Å². The quantitative estimate of drug-likeness (QED) is 0.683. The lowest BCUT2D eigenvalue weighted by Crippen LogP contribution is -2.24. The zero-order valence-corrected chi connectivity index (χ0v) is 13.7. The third-order valence-electron chi connectivity index (χ3n) is 3.53. The van der Waals surface area contributed by atoms with Gasteiger partial charge in [0.1, 0.15) is 17.3 Å². The Hall–Kier alpha value is -3.55. The van der Waals surface area contributed by atoms with E-state index >= 15 is 0 Å². The largest absolute Gasteiger partial charge is 0.457 e. The van der Waals surface area contributed by atoms with Crippen molar-refractivity contribution in [2.45, 2.75) is 0 Å². The lowest BCUT2D eigenvalue weighted by molar-refractivity contribution is 0.245. The Morgan fingerprint density at radius 3 is 2.60 bits per heavy atom. The van der Waals surface area contributed by atoms with Crippen molar-refractivity contribution in [3.05, 3.63) is 48.8 Å². The molecule has 0 aliphatic rings. The number of aromatic nitrogens is 2. The van der Waals surface area contributed by atoms with Gasteiger partial charge in [0.15, 0.2) is 0 Å². The number of ether oxygens (including phenoxy) is 1. The van der Waals surface area contributed by atoms with Crippen LogP contribution in [0.1, 0.15) is 0 Å². The van der Waals surface area contributed by atoms with E-state index in [1.807, 2.05) is 18.2 Å². The van der Waals surface area contributed by atoms with Crippen LogP contribution in [0.5, 0.6) is 11.5 Å². The molecule has 3 aromatic rings. The number of benzene rings is 1. The van der Waals surface area contributed by atoms with Gasteiger partial charge in [-0.25, -0.2) is 14.6 Å². The molecule has 25 heavy (non-hydrogen) atoms. The van der Waals surface area contributed by atoms with Crippen molar-refractivity contribution in [2.24, 2.45) is 0 Å². The Kier molecular flexibility index (Phi) is 4.51. The number of urea groups is 1. The first-order chi connectivity index (χ1) is 12.1. The van der Waals surface area contributed by atoms with Crippen LogP contribution in [-0.2, 0) is 0 Å². The summed E-state index contributed by atoms with van der Waals surface area (Å²) < 4.78 is 7.34. The van der Waals surface area contributed by atoms with E-state index in [1.54, 1.807) is 37.6 Å². The number of anilines is 1. The highest BCUT2D eigenvalue weighted by Gasteiger charge is 2.09. The zero-order valence-electron chi connectivity index (χ0n) is 13.7. The second kappa shape index (κ2) is 6.91. The molecule has 3 N–H and O–H groups in total. The molecule has 128 valence electrons. The summed E-state index contributed by atoms with van der Waals surface area (Å²) in [6.07, 6.45) is 3.24. The highest BCUT2D eigenvalue weighted by molar-refractivity contribution is 5.92. The molecule has 0 saturated heterocycles. The second-order valence-electron chi connectivity index (χ2n) is 5.14. The number of hydrogen-bond acceptors (Lipinski definition) is 4. The second-order valence-corrected chi connectivity index (χ2v) is 5.14. The lowest BCUT2D eigenvalue weighted by Gasteiger charge is -2.09. The normalized spacial score (nSPS) is 10.3. The molecule has 0 atom stereocenters. The van der Waals surface area contributed by atoms with Crippen molar-refractivity contribution in [3.8, 4) is 11.5 Å². The molecule has 1 aromatic carbocycles. The van der Waals surface area contributed by atoms with Gasteiger partial charge in [0, 0.05) is 37.9 Å². The highest BCUT2D eigenvalue weighted by Crippen LogP contribution is 2.27. The summed E-state index contributed by atoms with van der Waals surface area (Å²) in [6, 6.07) is 10.00. The maximum atomic E-state index is 11.8. The fourth-order valence-electron chi connectivity index (χ4n) is 2.34. The van der Waals surface area contributed by atoms with Crippen LogP contribution in [0.2, 0.25) is 0 Å². The number of carbonyl (C=O) groups is 2. The van der Waals surface area contributed by atoms with Crippen LogP contribution in [0, 0.1) is 0 Å². The monoisotopic (exact) mass is 339 g/mol. The number of hydrogen-bond donors (Lipinski definition) is 3. The smallest absolute Gasteiger partial charge is 0.325 e. The van der Waals surface area contributed by atoms with Crippen LogP contribution >= 0.6 is 0 Å². The Bertz CT molecular complexity index is 935. The first-order valence-corrected chi connectivity index (χ1v) is 7.56. The van der Waals surface area contributed by atoms with E-state index in [0.717, 1.165) is 10.9 Å². The number of nitrogens with zero attached hydrogens (tertiary/aromatic N) is 2. The Morgan fingerprint density at radius 1 is 1.04 bits per heavy atom. The molecular formula is C17H17N5O3. The topological polar surface area (TPSA) is 97.3 Å². The summed E-state index contributed by atoms with van der Waals surface area (Å²) in [5.74, 6) is 1.52. The van der Waals surface area contributed by atoms with Gasteiger partial charge >= 0.3 is 12.1 Å². The third-order valence-corrected chi connectivity index (χ3v) is 3.53. The van der Waals surface area contributed by atoms with Crippen molar-refractivity contribution in [2.75, 3.05) is 19.4 Å². The van der Waals surface area contributed by atoms with Crippen molar-refractivity contribution in [1.82, 2.24) is 20.2 Å². The van der Waals surface area contributed by atoms with Gasteiger partial charge in [-0.1, -0.05) is 0 Å². The molecule has 3 amide bonds. The standard InChI is InChI=1S/C17H17N5O3/c1-18-16(23)21-15-10-13(5-7-20-15)25-12-3-4-14-11(9-12)6-8-22(14)17(24)19-2/h3-10H,1-2H3,(H,19,24)(H2,18,20,21,23). The summed E-state index contributed by atoms with van der Waals surface area (Å²) in [5.41, 5.74) is 0.781. The minimum Gasteiger partial charge on any atom is -0.457 e. The van der Waals surface area contributed by atoms with E-state index in [-0.39, 0.29) is 12.1 Å². The SMILES string of the molecule is CNC(=O)Nc1cc(Oc2ccc3c(ccn3C(=O)NC)c2)ccn1. The predicted molar refractivity (Wildman–Crippen MR) is 94.2 cm³/mol. The maximum Gasteiger partial charge on any atom is 0.325 e. The first kappa shape index (κ1) is 16.3. The summed E-state index contributed by atoms with van der Waals surface area (Å²) >= 11 is 0. The van der Waals surface area contributed by atoms with Crippen molar-refractivity contribution >= 4 is 28.8 Å². The predicted octanol–water partition coefficient (Wildman–Crippen LogP) is 2.77. The minimum atomic E-state index is -0.360. The summed E-state index contributed by atoms with van der Waals surface area (Å²) in [4.78, 5) is 27.2. The minimum absolute atomic E-state index is 0.206. The first-order valence-electron chi connectivity index (χ1n) is 7.56. The molecule has 3 rings (SSSR count). The van der Waals surface area contributed by atoms with Crippen LogP contribution < -0.4 is 20.7 Å². The van der Waals surface area contributed by atoms with E-state index in [4.69, 9.17) is 4.74 Å². The number of nitrogens with one attached hydrogen (secondary N) is 3. The van der Waals surface area contributed by atoms with Gasteiger partial charge < -0.3 is 15.4 Å². The lowest BCUT2D eigenvalue weighted by atomic mass is 10.2. The van der Waals surface area contributed by atoms with Crippen LogP contribution in [0.15, 0.2) is 48.8 Å². The van der Waals surface area contributed by atoms with Crippen molar-refractivity contribution < 1.29 is 14.3 Å². The molecule has 0 radical (unpaired) electrons. The molecule has 2 aromatic heterocycles. The van der Waals surface area contributed by atoms with E-state index in [9.17, 15) is 9.59 Å². The van der Waals surface area contributed by atoms with Gasteiger partial charge in [0.2, 0.25) is 0 Å². The highest BCUT2D eigenvalue weighted by atomic mass is 16.5. The average molecular weight is 339 g/mol. The maximum absolute atomic E-state index is 11.8. The van der Waals surface area contributed by atoms with Gasteiger partial charge in [0.05, 0.1) is 5.52 Å². The van der Waals surface area contributed by atoms with E-state index in [2.05, 4.69) is 20.9 Å². The summed E-state index contributed by atoms with van der Waals surface area (Å²) in [6.45, 7) is 0. The fraction of sp³-hybridized carbons (Fsp3) is 0.118. The molecule has 0 spiro atoms. The molecule has 2 heterocycles. The number of pyridine rings is 1. The van der Waals surface area contributed by atoms with E-state index in [0.29, 0.717) is 17.3 Å². The number of rotatable bonds is 3. The molecule has 0 saturated carbocycles. The van der Waals surface area contributed by atoms with Gasteiger partial charge in [-0.05, 0) is 30.3 Å². The fourth-order valence-corrected chi connectivity index (χ4v) is 2.34. The van der Waals surface area contributed by atoms with Gasteiger partial charge in [-0.3, -0.25) is 9.88 Å². The molecule has 0 aliphatic heterocycles. The molecule has 0 unspecified atom stereocenters. The zero-order chi connectivity index (χ0) is 17.8. The van der Waals surface area contributed by atoms with Gasteiger partial charge in [0.25, 0.3) is 0 Å². The van der Waals surface area contributed by atoms with Gasteiger partial charge in [-0.2, -0.15) is 0 Å². The van der Waals surface area contributed by atoms with Crippen LogP contribution in [0.4, 0.5) is 15.4 Å². The molecule has 0 fully saturated rings. The molecule has 8 heteroatoms. The Morgan fingerprint density at radius 2 is 1.84 bits per heavy atom. The molecule has 0 bridgehead atoms. The summed E-state index contributed by atoms with van der Waals surface area (Å²) in [5, 5.41) is 8.49. The Labute approximate surface area is 143 Å². The van der Waals surface area contributed by atoms with Crippen LogP contribution in [0.3, 0.4) is 0 Å². The Balaban J connectivity index is 1.82. The van der Waals surface area contributed by atoms with Crippen LogP contribution in [-0.4, -0.2) is 35.7 Å². The summed E-state index contributed by atoms with van der Waals surface area (Å²) in [7, 11) is 3.11. The number of amides is 3. The van der Waals surface area contributed by atoms with Crippen LogP contribution in [0.25, 0.3) is 10.9 Å². The van der Waals surface area contributed by atoms with E-state index in [1.165, 1.54) is 11.6 Å². The molecule has 0 aliphatic carbocycles. The van der Waals surface area contributed by atoms with Crippen molar-refractivity contribution in [1.29, 1.82) is 0 Å². The average Bonchev–Trinajstić information content (AvgIpc) is 3.04. The molecule has 8 nitrogen and oxygen atoms in total. The van der Waals surface area contributed by atoms with E-state index < -0.39 is 0 Å². The molecular weight excluding hydrogens is 322 g/mol. The third kappa shape index (κ3) is 3.52. The van der Waals surface area contributed by atoms with Gasteiger partial charge in [-0.15, -0.1) is 0 Å². The number of carbonyl (C=O) groups excluding carboxylic acids is 2.